The zero-order valence-electron chi connectivity index (χ0n) is 17.9. The highest BCUT2D eigenvalue weighted by molar-refractivity contribution is 9.10. The number of non-ortho nitro benzene ring substituents is 1. The van der Waals surface area contributed by atoms with Crippen molar-refractivity contribution in [2.75, 3.05) is 7.11 Å². The number of rotatable bonds is 7. The molecule has 0 bridgehead atoms. The molecule has 1 heterocycles. The van der Waals surface area contributed by atoms with Gasteiger partial charge in [-0.3, -0.25) is 14.9 Å². The molecule has 34 heavy (non-hydrogen) atoms. The molecular formula is C24H18BrN3O5S. The molecule has 8 nitrogen and oxygen atoms in total. The fourth-order valence-corrected chi connectivity index (χ4v) is 4.29. The van der Waals surface area contributed by atoms with Gasteiger partial charge in [0.05, 0.1) is 22.6 Å². The van der Waals surface area contributed by atoms with Gasteiger partial charge in [0.15, 0.2) is 16.7 Å². The number of ether oxygens (including phenoxy) is 2. The van der Waals surface area contributed by atoms with E-state index in [1.807, 2.05) is 30.3 Å². The predicted molar refractivity (Wildman–Crippen MR) is 135 cm³/mol. The van der Waals surface area contributed by atoms with Gasteiger partial charge >= 0.3 is 0 Å². The number of benzene rings is 3. The maximum Gasteiger partial charge on any atom is 0.269 e. The van der Waals surface area contributed by atoms with E-state index in [1.165, 1.54) is 31.0 Å². The average Bonchev–Trinajstić information content (AvgIpc) is 3.16. The van der Waals surface area contributed by atoms with Crippen molar-refractivity contribution in [1.82, 2.24) is 5.32 Å². The zero-order chi connectivity index (χ0) is 24.1. The lowest BCUT2D eigenvalue weighted by atomic mass is 10.2. The Morgan fingerprint density at radius 2 is 1.91 bits per heavy atom. The summed E-state index contributed by atoms with van der Waals surface area (Å²) in [6, 6.07) is 19.0. The summed E-state index contributed by atoms with van der Waals surface area (Å²) in [7, 11) is 1.53. The van der Waals surface area contributed by atoms with E-state index in [4.69, 9.17) is 9.47 Å². The van der Waals surface area contributed by atoms with Crippen molar-refractivity contribution in [1.29, 1.82) is 0 Å². The van der Waals surface area contributed by atoms with Gasteiger partial charge in [0.1, 0.15) is 6.61 Å². The first kappa shape index (κ1) is 23.5. The minimum absolute atomic E-state index is 0.0254. The van der Waals surface area contributed by atoms with Crippen molar-refractivity contribution < 1.29 is 19.2 Å². The predicted octanol–water partition coefficient (Wildman–Crippen LogP) is 5.84. The number of nitro benzene ring substituents is 1. The zero-order valence-corrected chi connectivity index (χ0v) is 20.3. The molecule has 172 valence electrons. The Balaban J connectivity index is 1.46. The quantitative estimate of drug-likeness (QED) is 0.230. The van der Waals surface area contributed by atoms with E-state index in [-0.39, 0.29) is 18.2 Å². The highest BCUT2D eigenvalue weighted by Crippen LogP contribution is 2.33. The summed E-state index contributed by atoms with van der Waals surface area (Å²) in [6.45, 7) is 0.225. The number of halogens is 1. The number of nitro groups is 1. The Morgan fingerprint density at radius 3 is 2.62 bits per heavy atom. The van der Waals surface area contributed by atoms with Gasteiger partial charge < -0.3 is 14.8 Å². The van der Waals surface area contributed by atoms with Gasteiger partial charge in [-0.1, -0.05) is 28.1 Å². The molecule has 0 saturated carbocycles. The number of amides is 1. The number of amidine groups is 1. The first-order valence-corrected chi connectivity index (χ1v) is 11.6. The second-order valence-corrected chi connectivity index (χ2v) is 9.03. The van der Waals surface area contributed by atoms with Crippen molar-refractivity contribution >= 4 is 56.2 Å². The minimum Gasteiger partial charge on any atom is -0.493 e. The van der Waals surface area contributed by atoms with Crippen LogP contribution in [0.2, 0.25) is 0 Å². The van der Waals surface area contributed by atoms with Crippen LogP contribution in [-0.2, 0) is 11.4 Å². The number of carbonyl (C=O) groups is 1. The lowest BCUT2D eigenvalue weighted by molar-refractivity contribution is -0.384. The molecule has 1 saturated heterocycles. The number of thioether (sulfide) groups is 1. The van der Waals surface area contributed by atoms with E-state index < -0.39 is 4.92 Å². The molecule has 3 aromatic rings. The van der Waals surface area contributed by atoms with E-state index in [9.17, 15) is 14.9 Å². The fourth-order valence-electron chi connectivity index (χ4n) is 3.06. The molecule has 1 fully saturated rings. The van der Waals surface area contributed by atoms with E-state index in [2.05, 4.69) is 26.2 Å². The van der Waals surface area contributed by atoms with Crippen LogP contribution in [0.5, 0.6) is 11.5 Å². The van der Waals surface area contributed by atoms with Gasteiger partial charge in [-0.15, -0.1) is 0 Å². The van der Waals surface area contributed by atoms with Crippen LogP contribution in [0.15, 0.2) is 81.1 Å². The Kier molecular flexibility index (Phi) is 7.29. The minimum atomic E-state index is -0.445. The summed E-state index contributed by atoms with van der Waals surface area (Å²) < 4.78 is 12.2. The van der Waals surface area contributed by atoms with Crippen LogP contribution in [-0.4, -0.2) is 23.1 Å². The first-order chi connectivity index (χ1) is 16.4. The van der Waals surface area contributed by atoms with E-state index in [1.54, 1.807) is 30.3 Å². The molecule has 0 radical (unpaired) electrons. The van der Waals surface area contributed by atoms with Crippen molar-refractivity contribution in [3.05, 3.63) is 97.3 Å². The van der Waals surface area contributed by atoms with Crippen LogP contribution in [0.3, 0.4) is 0 Å². The van der Waals surface area contributed by atoms with Crippen LogP contribution in [0.1, 0.15) is 11.1 Å². The molecule has 3 aromatic carbocycles. The molecule has 0 aliphatic carbocycles. The van der Waals surface area contributed by atoms with Crippen molar-refractivity contribution in [2.24, 2.45) is 4.99 Å². The number of hydrogen-bond donors (Lipinski definition) is 1. The number of hydrogen-bond acceptors (Lipinski definition) is 7. The van der Waals surface area contributed by atoms with Gasteiger partial charge in [-0.25, -0.2) is 4.99 Å². The van der Waals surface area contributed by atoms with Gasteiger partial charge in [-0.05, 0) is 71.4 Å². The van der Waals surface area contributed by atoms with Crippen LogP contribution in [0.4, 0.5) is 11.4 Å². The Labute approximate surface area is 208 Å². The van der Waals surface area contributed by atoms with E-state index in [0.29, 0.717) is 21.6 Å². The maximum atomic E-state index is 12.4. The number of aliphatic imine (C=N–C) groups is 1. The lowest BCUT2D eigenvalue weighted by Crippen LogP contribution is -2.19. The molecular weight excluding hydrogens is 522 g/mol. The van der Waals surface area contributed by atoms with Crippen LogP contribution >= 0.6 is 27.7 Å². The standard InChI is InChI=1S/C24H18BrN3O5S/c1-32-21-11-16(7-10-20(21)33-14-15-5-8-19(9-6-15)28(30)31)12-22-23(29)27-24(34-22)26-18-4-2-3-17(25)13-18/h2-13H,14H2,1H3,(H,26,27,29). The van der Waals surface area contributed by atoms with Gasteiger partial charge in [0.2, 0.25) is 0 Å². The second-order valence-electron chi connectivity index (χ2n) is 7.08. The summed E-state index contributed by atoms with van der Waals surface area (Å²) in [4.78, 5) is 27.7. The topological polar surface area (TPSA) is 103 Å². The number of nitrogens with zero attached hydrogens (tertiary/aromatic N) is 2. The molecule has 0 aromatic heterocycles. The van der Waals surface area contributed by atoms with Gasteiger partial charge in [-0.2, -0.15) is 0 Å². The van der Waals surface area contributed by atoms with Crippen molar-refractivity contribution in [3.63, 3.8) is 0 Å². The molecule has 10 heteroatoms. The monoisotopic (exact) mass is 539 g/mol. The van der Waals surface area contributed by atoms with E-state index in [0.717, 1.165) is 21.3 Å². The molecule has 1 amide bonds. The SMILES string of the molecule is COc1cc(C=C2SC(=Nc3cccc(Br)c3)NC2=O)ccc1OCc1ccc([N+](=O)[O-])cc1. The third kappa shape index (κ3) is 5.83. The van der Waals surface area contributed by atoms with Gasteiger partial charge in [0, 0.05) is 16.6 Å². The number of carbonyl (C=O) groups excluding carboxylic acids is 1. The molecule has 1 N–H and O–H groups in total. The smallest absolute Gasteiger partial charge is 0.269 e. The molecule has 0 spiro atoms. The molecule has 0 unspecified atom stereocenters. The highest BCUT2D eigenvalue weighted by Gasteiger charge is 2.24. The molecule has 0 atom stereocenters. The highest BCUT2D eigenvalue weighted by atomic mass is 79.9. The number of nitrogens with one attached hydrogen (secondary N) is 1. The normalized spacial score (nSPS) is 15.4. The van der Waals surface area contributed by atoms with Gasteiger partial charge in [0.25, 0.3) is 11.6 Å². The Bertz CT molecular complexity index is 1310. The summed E-state index contributed by atoms with van der Waals surface area (Å²) in [5.74, 6) is 0.794. The van der Waals surface area contributed by atoms with E-state index >= 15 is 0 Å². The second kappa shape index (κ2) is 10.5. The third-order valence-electron chi connectivity index (χ3n) is 4.72. The Hall–Kier alpha value is -3.63. The Morgan fingerprint density at radius 1 is 1.12 bits per heavy atom. The van der Waals surface area contributed by atoms with Crippen LogP contribution < -0.4 is 14.8 Å². The maximum absolute atomic E-state index is 12.4. The molecule has 4 rings (SSSR count). The summed E-state index contributed by atoms with van der Waals surface area (Å²) in [6.07, 6.45) is 1.76. The summed E-state index contributed by atoms with van der Waals surface area (Å²) in [5.41, 5.74) is 2.31. The average molecular weight is 540 g/mol. The summed E-state index contributed by atoms with van der Waals surface area (Å²) >= 11 is 4.67. The molecule has 1 aliphatic rings. The third-order valence-corrected chi connectivity index (χ3v) is 6.12. The van der Waals surface area contributed by atoms with Crippen LogP contribution in [0.25, 0.3) is 6.08 Å². The van der Waals surface area contributed by atoms with Crippen LogP contribution in [0, 0.1) is 10.1 Å². The largest absolute Gasteiger partial charge is 0.493 e. The fraction of sp³-hybridized carbons (Fsp3) is 0.0833. The number of methoxy groups -OCH3 is 1. The molecule has 1 aliphatic heterocycles. The summed E-state index contributed by atoms with van der Waals surface area (Å²) in [5, 5.41) is 14.1. The lowest BCUT2D eigenvalue weighted by Gasteiger charge is -2.11. The van der Waals surface area contributed by atoms with Crippen molar-refractivity contribution in [2.45, 2.75) is 6.61 Å². The van der Waals surface area contributed by atoms with Crippen molar-refractivity contribution in [3.8, 4) is 11.5 Å². The first-order valence-electron chi connectivity index (χ1n) is 10.0.